The van der Waals surface area contributed by atoms with Crippen molar-refractivity contribution in [3.05, 3.63) is 34.3 Å². The van der Waals surface area contributed by atoms with E-state index in [9.17, 15) is 9.59 Å². The van der Waals surface area contributed by atoms with E-state index in [1.165, 1.54) is 0 Å². The van der Waals surface area contributed by atoms with Crippen LogP contribution in [0.4, 0.5) is 0 Å². The first-order valence-corrected chi connectivity index (χ1v) is 6.21. The maximum Gasteiger partial charge on any atom is 0.417 e. The molecule has 0 bridgehead atoms. The van der Waals surface area contributed by atoms with Gasteiger partial charge < -0.3 is 14.5 Å². The fourth-order valence-corrected chi connectivity index (χ4v) is 1.81. The zero-order chi connectivity index (χ0) is 13.2. The molecular formula is C13H14N2O4. The van der Waals surface area contributed by atoms with Gasteiger partial charge in [-0.05, 0) is 30.5 Å². The molecule has 19 heavy (non-hydrogen) atoms. The summed E-state index contributed by atoms with van der Waals surface area (Å²) in [6.45, 7) is 0.419. The average Bonchev–Trinajstić information content (AvgIpc) is 3.14. The Morgan fingerprint density at radius 3 is 3.11 bits per heavy atom. The quantitative estimate of drug-likeness (QED) is 0.783. The second-order valence-corrected chi connectivity index (χ2v) is 4.66. The number of hydrogen-bond donors (Lipinski definition) is 2. The minimum Gasteiger partial charge on any atom is -0.460 e. The number of oxazole rings is 1. The van der Waals surface area contributed by atoms with Crippen LogP contribution in [0, 0.1) is 0 Å². The summed E-state index contributed by atoms with van der Waals surface area (Å²) < 4.78 is 10.1. The van der Waals surface area contributed by atoms with Gasteiger partial charge in [0.25, 0.3) is 0 Å². The molecule has 3 rings (SSSR count). The van der Waals surface area contributed by atoms with Crippen LogP contribution in [0.5, 0.6) is 0 Å². The maximum absolute atomic E-state index is 11.5. The maximum atomic E-state index is 11.5. The molecule has 1 saturated carbocycles. The number of nitrogens with one attached hydrogen (secondary N) is 2. The third-order valence-electron chi connectivity index (χ3n) is 3.00. The number of carbonyl (C=O) groups is 1. The molecule has 1 aliphatic carbocycles. The van der Waals surface area contributed by atoms with Gasteiger partial charge in [-0.3, -0.25) is 9.78 Å². The summed E-state index contributed by atoms with van der Waals surface area (Å²) in [6.07, 6.45) is 2.27. The number of carbonyl (C=O) groups excluding carboxylic acids is 1. The van der Waals surface area contributed by atoms with Crippen molar-refractivity contribution in [1.29, 1.82) is 0 Å². The summed E-state index contributed by atoms with van der Waals surface area (Å²) in [5.74, 6) is -0.764. The van der Waals surface area contributed by atoms with Gasteiger partial charge in [0.05, 0.1) is 12.1 Å². The first kappa shape index (κ1) is 12.0. The highest BCUT2D eigenvalue weighted by atomic mass is 16.5. The summed E-state index contributed by atoms with van der Waals surface area (Å²) in [5, 5.41) is 3.09. The highest BCUT2D eigenvalue weighted by Crippen LogP contribution is 2.18. The largest absolute Gasteiger partial charge is 0.460 e. The van der Waals surface area contributed by atoms with Gasteiger partial charge in [0.1, 0.15) is 6.61 Å². The van der Waals surface area contributed by atoms with Crippen molar-refractivity contribution >= 4 is 17.1 Å². The van der Waals surface area contributed by atoms with Gasteiger partial charge in [-0.1, -0.05) is 6.07 Å². The molecule has 1 heterocycles. The van der Waals surface area contributed by atoms with Gasteiger partial charge in [0.15, 0.2) is 5.58 Å². The minimum atomic E-state index is -0.488. The van der Waals surface area contributed by atoms with E-state index in [4.69, 9.17) is 9.15 Å². The monoisotopic (exact) mass is 262 g/mol. The van der Waals surface area contributed by atoms with Crippen molar-refractivity contribution in [2.45, 2.75) is 25.5 Å². The Hall–Kier alpha value is -2.08. The van der Waals surface area contributed by atoms with E-state index in [-0.39, 0.29) is 19.1 Å². The molecule has 0 aliphatic heterocycles. The van der Waals surface area contributed by atoms with Crippen molar-refractivity contribution in [2.75, 3.05) is 6.54 Å². The molecule has 1 aromatic heterocycles. The number of esters is 1. The predicted molar refractivity (Wildman–Crippen MR) is 67.7 cm³/mol. The second-order valence-electron chi connectivity index (χ2n) is 4.66. The van der Waals surface area contributed by atoms with E-state index in [0.717, 1.165) is 18.4 Å². The van der Waals surface area contributed by atoms with Gasteiger partial charge in [-0.15, -0.1) is 0 Å². The lowest BCUT2D eigenvalue weighted by Gasteiger charge is -2.05. The van der Waals surface area contributed by atoms with Crippen molar-refractivity contribution in [1.82, 2.24) is 10.3 Å². The highest BCUT2D eigenvalue weighted by Gasteiger charge is 2.21. The normalized spacial score (nSPS) is 14.7. The standard InChI is InChI=1S/C13H14N2O4/c16-12(6-14-9-2-3-9)18-7-8-1-4-10-11(5-8)19-13(17)15-10/h1,4-5,9,14H,2-3,6-7H2,(H,15,17). The van der Waals surface area contributed by atoms with Crippen LogP contribution < -0.4 is 11.1 Å². The topological polar surface area (TPSA) is 84.3 Å². The molecule has 2 aromatic rings. The molecule has 6 nitrogen and oxygen atoms in total. The number of ether oxygens (including phenoxy) is 1. The van der Waals surface area contributed by atoms with E-state index in [1.54, 1.807) is 18.2 Å². The number of H-pyrrole nitrogens is 1. The lowest BCUT2D eigenvalue weighted by atomic mass is 10.2. The van der Waals surface area contributed by atoms with Gasteiger partial charge >= 0.3 is 11.7 Å². The summed E-state index contributed by atoms with van der Waals surface area (Å²) in [7, 11) is 0. The van der Waals surface area contributed by atoms with Crippen LogP contribution in [0.25, 0.3) is 11.1 Å². The third-order valence-corrected chi connectivity index (χ3v) is 3.00. The Labute approximate surface area is 108 Å². The highest BCUT2D eigenvalue weighted by molar-refractivity contribution is 5.73. The molecule has 1 fully saturated rings. The number of aromatic nitrogens is 1. The van der Waals surface area contributed by atoms with E-state index in [2.05, 4.69) is 10.3 Å². The number of fused-ring (bicyclic) bond motifs is 1. The lowest BCUT2D eigenvalue weighted by molar-refractivity contribution is -0.143. The minimum absolute atomic E-state index is 0.177. The molecule has 0 amide bonds. The molecule has 0 atom stereocenters. The Morgan fingerprint density at radius 1 is 1.47 bits per heavy atom. The SMILES string of the molecule is O=C(CNC1CC1)OCc1ccc2[nH]c(=O)oc2c1. The van der Waals surface area contributed by atoms with Crippen molar-refractivity contribution in [3.63, 3.8) is 0 Å². The summed E-state index contributed by atoms with van der Waals surface area (Å²) >= 11 is 0. The molecule has 0 radical (unpaired) electrons. The lowest BCUT2D eigenvalue weighted by Crippen LogP contribution is -2.26. The Kier molecular flexibility index (Phi) is 3.08. The van der Waals surface area contributed by atoms with Gasteiger partial charge in [-0.25, -0.2) is 4.79 Å². The molecule has 6 heteroatoms. The van der Waals surface area contributed by atoms with Crippen molar-refractivity contribution < 1.29 is 13.9 Å². The Bertz CT molecular complexity index is 654. The first-order chi connectivity index (χ1) is 9.20. The Morgan fingerprint density at radius 2 is 2.32 bits per heavy atom. The fourth-order valence-electron chi connectivity index (χ4n) is 1.81. The van der Waals surface area contributed by atoms with Gasteiger partial charge in [0, 0.05) is 6.04 Å². The van der Waals surface area contributed by atoms with Crippen LogP contribution in [0.2, 0.25) is 0 Å². The smallest absolute Gasteiger partial charge is 0.417 e. The second kappa shape index (κ2) is 4.89. The van der Waals surface area contributed by atoms with Crippen LogP contribution in [0.1, 0.15) is 18.4 Å². The zero-order valence-corrected chi connectivity index (χ0v) is 10.3. The van der Waals surface area contributed by atoms with Crippen LogP contribution in [-0.2, 0) is 16.1 Å². The molecule has 0 spiro atoms. The molecule has 1 aromatic carbocycles. The van der Waals surface area contributed by atoms with Crippen LogP contribution in [0.15, 0.2) is 27.4 Å². The van der Waals surface area contributed by atoms with Crippen LogP contribution >= 0.6 is 0 Å². The molecular weight excluding hydrogens is 248 g/mol. The molecule has 1 aliphatic rings. The van der Waals surface area contributed by atoms with Crippen LogP contribution in [0.3, 0.4) is 0 Å². The average molecular weight is 262 g/mol. The molecule has 100 valence electrons. The Balaban J connectivity index is 1.57. The van der Waals surface area contributed by atoms with Crippen molar-refractivity contribution in [2.24, 2.45) is 0 Å². The van der Waals surface area contributed by atoms with Crippen LogP contribution in [-0.4, -0.2) is 23.5 Å². The molecule has 0 saturated heterocycles. The molecule has 2 N–H and O–H groups in total. The summed E-state index contributed by atoms with van der Waals surface area (Å²) in [4.78, 5) is 25.0. The van der Waals surface area contributed by atoms with Crippen molar-refractivity contribution in [3.8, 4) is 0 Å². The van der Waals surface area contributed by atoms with E-state index in [0.29, 0.717) is 17.1 Å². The number of benzene rings is 1. The number of hydrogen-bond acceptors (Lipinski definition) is 5. The van der Waals surface area contributed by atoms with E-state index in [1.807, 2.05) is 0 Å². The number of rotatable bonds is 5. The zero-order valence-electron chi connectivity index (χ0n) is 10.3. The van der Waals surface area contributed by atoms with E-state index >= 15 is 0 Å². The predicted octanol–water partition coefficient (Wildman–Crippen LogP) is 0.916. The summed E-state index contributed by atoms with van der Waals surface area (Å²) in [5.41, 5.74) is 1.89. The number of aromatic amines is 1. The molecule has 0 unspecified atom stereocenters. The third kappa shape index (κ3) is 3.03. The summed E-state index contributed by atoms with van der Waals surface area (Å²) in [6, 6.07) is 5.69. The fraction of sp³-hybridized carbons (Fsp3) is 0.385. The van der Waals surface area contributed by atoms with Gasteiger partial charge in [0.2, 0.25) is 0 Å². The van der Waals surface area contributed by atoms with Gasteiger partial charge in [-0.2, -0.15) is 0 Å². The van der Waals surface area contributed by atoms with E-state index < -0.39 is 5.76 Å². The first-order valence-electron chi connectivity index (χ1n) is 6.21.